The van der Waals surface area contributed by atoms with Crippen molar-refractivity contribution in [1.82, 2.24) is 10.2 Å². The lowest BCUT2D eigenvalue weighted by atomic mass is 9.74. The number of hydrogen-bond acceptors (Lipinski definition) is 3. The number of allylic oxidation sites excluding steroid dienone is 2. The van der Waals surface area contributed by atoms with Crippen LogP contribution in [0.2, 0.25) is 0 Å². The van der Waals surface area contributed by atoms with Gasteiger partial charge in [-0.2, -0.15) is 18.3 Å². The van der Waals surface area contributed by atoms with E-state index in [2.05, 4.69) is 10.2 Å². The molecule has 1 aromatic carbocycles. The molecule has 0 amide bonds. The van der Waals surface area contributed by atoms with Gasteiger partial charge in [-0.3, -0.25) is 9.89 Å². The topological polar surface area (TPSA) is 103 Å². The highest BCUT2D eigenvalue weighted by molar-refractivity contribution is 6.20. The van der Waals surface area contributed by atoms with Gasteiger partial charge >= 0.3 is 18.1 Å². The van der Waals surface area contributed by atoms with Gasteiger partial charge in [0.2, 0.25) is 0 Å². The number of nitrogens with one attached hydrogen (secondary N) is 1. The van der Waals surface area contributed by atoms with Crippen LogP contribution in [0.4, 0.5) is 13.2 Å². The molecule has 1 aromatic heterocycles. The van der Waals surface area contributed by atoms with Crippen molar-refractivity contribution in [2.75, 3.05) is 5.88 Å². The minimum Gasteiger partial charge on any atom is -0.481 e. The van der Waals surface area contributed by atoms with Crippen LogP contribution >= 0.6 is 11.6 Å². The van der Waals surface area contributed by atoms with E-state index in [4.69, 9.17) is 21.8 Å². The first-order valence-electron chi connectivity index (χ1n) is 8.59. The Morgan fingerprint density at radius 3 is 2.23 bits per heavy atom. The fourth-order valence-electron chi connectivity index (χ4n) is 2.76. The third-order valence-corrected chi connectivity index (χ3v) is 5.16. The van der Waals surface area contributed by atoms with E-state index in [0.29, 0.717) is 16.8 Å². The highest BCUT2D eigenvalue weighted by Crippen LogP contribution is 2.39. The fraction of sp³-hybridized carbons (Fsp3) is 0.250. The van der Waals surface area contributed by atoms with E-state index in [-0.39, 0.29) is 17.9 Å². The van der Waals surface area contributed by atoms with Gasteiger partial charge in [-0.25, -0.2) is 4.79 Å². The summed E-state index contributed by atoms with van der Waals surface area (Å²) in [6.07, 6.45) is 0.190. The van der Waals surface area contributed by atoms with Gasteiger partial charge in [-0.15, -0.1) is 11.6 Å². The summed E-state index contributed by atoms with van der Waals surface area (Å²) < 4.78 is 36.7. The molecule has 1 heterocycles. The van der Waals surface area contributed by atoms with Crippen LogP contribution in [0.1, 0.15) is 18.9 Å². The Kier molecular flexibility index (Phi) is 7.09. The van der Waals surface area contributed by atoms with Crippen molar-refractivity contribution < 1.29 is 33.0 Å². The number of nitrogens with zero attached hydrogens (tertiary/aromatic N) is 1. The van der Waals surface area contributed by atoms with Crippen LogP contribution in [-0.4, -0.2) is 38.2 Å². The summed E-state index contributed by atoms with van der Waals surface area (Å²) in [6, 6.07) is 6.59. The predicted molar refractivity (Wildman–Crippen MR) is 104 cm³/mol. The molecule has 0 aliphatic heterocycles. The number of benzene rings is 1. The van der Waals surface area contributed by atoms with Crippen LogP contribution < -0.4 is 0 Å². The van der Waals surface area contributed by atoms with Crippen LogP contribution in [0, 0.1) is 5.41 Å². The zero-order valence-electron chi connectivity index (χ0n) is 15.7. The molecule has 0 fully saturated rings. The molecule has 30 heavy (non-hydrogen) atoms. The molecular formula is C20H18ClF3N2O4. The second-order valence-electron chi connectivity index (χ2n) is 6.58. The van der Waals surface area contributed by atoms with E-state index >= 15 is 0 Å². The van der Waals surface area contributed by atoms with Gasteiger partial charge in [-0.05, 0) is 25.1 Å². The number of aliphatic carboxylic acids is 2. The van der Waals surface area contributed by atoms with Crippen molar-refractivity contribution in [3.63, 3.8) is 0 Å². The molecule has 160 valence electrons. The highest BCUT2D eigenvalue weighted by atomic mass is 35.5. The second kappa shape index (κ2) is 9.17. The number of H-pyrrole nitrogens is 1. The number of aromatic amines is 1. The van der Waals surface area contributed by atoms with Crippen LogP contribution in [0.3, 0.4) is 0 Å². The van der Waals surface area contributed by atoms with Crippen molar-refractivity contribution in [2.24, 2.45) is 5.41 Å². The number of halogens is 4. The minimum atomic E-state index is -4.29. The summed E-state index contributed by atoms with van der Waals surface area (Å²) in [4.78, 5) is 21.9. The number of carbonyl (C=O) groups is 2. The maximum Gasteiger partial charge on any atom is 0.416 e. The van der Waals surface area contributed by atoms with Crippen molar-refractivity contribution in [2.45, 2.75) is 19.5 Å². The standard InChI is InChI=1S/C10H11ClO4.C10H7F3N2/c1-6-2-3-7(8(12)13)4-10(6,5-11)9(14)15;11-10(12,13)8-3-1-7(2-4-8)9-5-6-14-15-9/h2-3H,4-5H2,1H3,(H,12,13)(H,14,15);1-6H,(H,14,15). The summed E-state index contributed by atoms with van der Waals surface area (Å²) in [6.45, 7) is 1.64. The van der Waals surface area contributed by atoms with Gasteiger partial charge < -0.3 is 10.2 Å². The van der Waals surface area contributed by atoms with Crippen LogP contribution in [-0.2, 0) is 15.8 Å². The lowest BCUT2D eigenvalue weighted by Gasteiger charge is -2.30. The third-order valence-electron chi connectivity index (χ3n) is 4.70. The number of rotatable bonds is 4. The molecular weight excluding hydrogens is 425 g/mol. The van der Waals surface area contributed by atoms with Crippen molar-refractivity contribution >= 4 is 23.5 Å². The number of carboxylic acids is 2. The maximum absolute atomic E-state index is 12.2. The Hall–Kier alpha value is -3.07. The first-order valence-corrected chi connectivity index (χ1v) is 9.12. The molecule has 0 bridgehead atoms. The van der Waals surface area contributed by atoms with Gasteiger partial charge in [0.05, 0.1) is 11.3 Å². The molecule has 2 aromatic rings. The average molecular weight is 443 g/mol. The lowest BCUT2D eigenvalue weighted by molar-refractivity contribution is -0.145. The molecule has 1 atom stereocenters. The summed E-state index contributed by atoms with van der Waals surface area (Å²) in [7, 11) is 0. The van der Waals surface area contributed by atoms with Gasteiger partial charge in [0.25, 0.3) is 0 Å². The highest BCUT2D eigenvalue weighted by Gasteiger charge is 2.42. The molecule has 0 spiro atoms. The molecule has 0 saturated heterocycles. The first-order chi connectivity index (χ1) is 14.0. The molecule has 0 radical (unpaired) electrons. The largest absolute Gasteiger partial charge is 0.481 e. The summed E-state index contributed by atoms with van der Waals surface area (Å²) in [5.74, 6) is -2.32. The summed E-state index contributed by atoms with van der Waals surface area (Å²) in [5.41, 5.74) is 0.0118. The molecule has 0 saturated carbocycles. The van der Waals surface area contributed by atoms with Crippen molar-refractivity contribution in [3.05, 3.63) is 65.4 Å². The van der Waals surface area contributed by atoms with Crippen LogP contribution in [0.25, 0.3) is 11.3 Å². The fourth-order valence-corrected chi connectivity index (χ4v) is 3.18. The third kappa shape index (κ3) is 5.10. The predicted octanol–water partition coefficient (Wildman–Crippen LogP) is 4.75. The van der Waals surface area contributed by atoms with Gasteiger partial charge in [0, 0.05) is 29.6 Å². The Labute approximate surface area is 174 Å². The number of hydrogen-bond donors (Lipinski definition) is 3. The normalized spacial score (nSPS) is 18.6. The molecule has 1 aliphatic carbocycles. The van der Waals surface area contributed by atoms with E-state index in [0.717, 1.165) is 12.1 Å². The number of alkyl halides is 4. The Morgan fingerprint density at radius 1 is 1.17 bits per heavy atom. The zero-order valence-corrected chi connectivity index (χ0v) is 16.5. The monoisotopic (exact) mass is 442 g/mol. The summed E-state index contributed by atoms with van der Waals surface area (Å²) >= 11 is 5.66. The molecule has 10 heteroatoms. The Balaban J connectivity index is 0.000000214. The second-order valence-corrected chi connectivity index (χ2v) is 6.85. The molecule has 3 rings (SSSR count). The Bertz CT molecular complexity index is 967. The van der Waals surface area contributed by atoms with Gasteiger partial charge in [-0.1, -0.05) is 29.9 Å². The molecule has 3 N–H and O–H groups in total. The lowest BCUT2D eigenvalue weighted by Crippen LogP contribution is -2.37. The number of aromatic nitrogens is 2. The molecule has 1 unspecified atom stereocenters. The Morgan fingerprint density at radius 2 is 1.80 bits per heavy atom. The molecule has 6 nitrogen and oxygen atoms in total. The summed E-state index contributed by atoms with van der Waals surface area (Å²) in [5, 5.41) is 24.4. The number of carboxylic acid groups (broad SMARTS) is 2. The van der Waals surface area contributed by atoms with E-state index in [1.165, 1.54) is 24.3 Å². The average Bonchev–Trinajstić information content (AvgIpc) is 3.23. The van der Waals surface area contributed by atoms with E-state index < -0.39 is 29.1 Å². The maximum atomic E-state index is 12.2. The van der Waals surface area contributed by atoms with Gasteiger partial charge in [0.1, 0.15) is 5.41 Å². The quantitative estimate of drug-likeness (QED) is 0.593. The minimum absolute atomic E-state index is 0.0660. The van der Waals surface area contributed by atoms with E-state index in [9.17, 15) is 22.8 Å². The zero-order chi connectivity index (χ0) is 22.5. The SMILES string of the molecule is CC1=CC=C(C(=O)O)CC1(CCl)C(=O)O.FC(F)(F)c1ccc(-c2cc[nH]n2)cc1. The smallest absolute Gasteiger partial charge is 0.416 e. The van der Waals surface area contributed by atoms with Crippen molar-refractivity contribution in [3.8, 4) is 11.3 Å². The van der Waals surface area contributed by atoms with Crippen LogP contribution in [0.15, 0.2) is 59.8 Å². The van der Waals surface area contributed by atoms with Crippen molar-refractivity contribution in [1.29, 1.82) is 0 Å². The van der Waals surface area contributed by atoms with Gasteiger partial charge in [0.15, 0.2) is 0 Å². The first kappa shape index (κ1) is 23.2. The van der Waals surface area contributed by atoms with E-state index in [1.54, 1.807) is 19.2 Å². The van der Waals surface area contributed by atoms with E-state index in [1.807, 2.05) is 0 Å². The van der Waals surface area contributed by atoms with Crippen LogP contribution in [0.5, 0.6) is 0 Å². The molecule has 1 aliphatic rings.